The molecule has 0 unspecified atom stereocenters. The maximum Gasteiger partial charge on any atom is 0.251 e. The third-order valence-electron chi connectivity index (χ3n) is 6.71. The molecule has 1 saturated heterocycles. The Labute approximate surface area is 223 Å². The first-order chi connectivity index (χ1) is 17.9. The molecule has 1 amide bonds. The predicted molar refractivity (Wildman–Crippen MR) is 145 cm³/mol. The number of pyridine rings is 1. The summed E-state index contributed by atoms with van der Waals surface area (Å²) in [5, 5.41) is 7.17. The van der Waals surface area contributed by atoms with E-state index in [0.29, 0.717) is 23.2 Å². The second-order valence-corrected chi connectivity index (χ2v) is 10.2. The van der Waals surface area contributed by atoms with Gasteiger partial charge in [-0.15, -0.1) is 0 Å². The first-order valence-corrected chi connectivity index (χ1v) is 12.9. The number of fused-ring (bicyclic) bond motifs is 1. The molecule has 4 aromatic rings. The second-order valence-electron chi connectivity index (χ2n) is 9.24. The SMILES string of the molecule is CN1CCN(c2ccccc2CNC(=O)c2ccc(F)c(CC(=O)c3cnn4cc(Br)ccc34)c2)CC1. The number of rotatable bonds is 7. The molecule has 5 rings (SSSR count). The Kier molecular flexibility index (Phi) is 7.34. The van der Waals surface area contributed by atoms with Gasteiger partial charge in [-0.1, -0.05) is 18.2 Å². The van der Waals surface area contributed by atoms with Crippen LogP contribution >= 0.6 is 15.9 Å². The summed E-state index contributed by atoms with van der Waals surface area (Å²) >= 11 is 3.38. The van der Waals surface area contributed by atoms with E-state index in [0.717, 1.165) is 41.9 Å². The van der Waals surface area contributed by atoms with Gasteiger partial charge in [-0.05, 0) is 70.5 Å². The van der Waals surface area contributed by atoms with Crippen molar-refractivity contribution in [1.82, 2.24) is 19.8 Å². The fourth-order valence-corrected chi connectivity index (χ4v) is 4.91. The lowest BCUT2D eigenvalue weighted by atomic mass is 10.0. The van der Waals surface area contributed by atoms with Crippen LogP contribution in [0.3, 0.4) is 0 Å². The molecular weight excluding hydrogens is 537 g/mol. The highest BCUT2D eigenvalue weighted by Crippen LogP contribution is 2.22. The van der Waals surface area contributed by atoms with Crippen LogP contribution in [0.25, 0.3) is 5.52 Å². The van der Waals surface area contributed by atoms with Gasteiger partial charge in [0.25, 0.3) is 5.91 Å². The molecule has 7 nitrogen and oxygen atoms in total. The standard InChI is InChI=1S/C28H27BrFN5O2/c1-33-10-12-34(13-11-33)25-5-3-2-4-20(25)16-31-28(37)19-6-8-24(30)21(14-19)15-27(36)23-17-32-35-18-22(29)7-9-26(23)35/h2-9,14,17-18H,10-13,15-16H2,1H3,(H,31,37). The fraction of sp³-hybridized carbons (Fsp3) is 0.250. The van der Waals surface area contributed by atoms with Crippen LogP contribution < -0.4 is 10.2 Å². The number of ketones is 1. The highest BCUT2D eigenvalue weighted by molar-refractivity contribution is 9.10. The van der Waals surface area contributed by atoms with Gasteiger partial charge in [0.05, 0.1) is 17.3 Å². The Bertz CT molecular complexity index is 1460. The molecule has 9 heteroatoms. The third kappa shape index (κ3) is 5.57. The summed E-state index contributed by atoms with van der Waals surface area (Å²) in [5.41, 5.74) is 3.67. The molecule has 0 spiro atoms. The monoisotopic (exact) mass is 563 g/mol. The average molecular weight is 564 g/mol. The number of hydrogen-bond acceptors (Lipinski definition) is 5. The zero-order valence-corrected chi connectivity index (χ0v) is 22.0. The topological polar surface area (TPSA) is 69.9 Å². The number of nitrogens with zero attached hydrogens (tertiary/aromatic N) is 4. The van der Waals surface area contributed by atoms with Crippen molar-refractivity contribution in [2.45, 2.75) is 13.0 Å². The predicted octanol–water partition coefficient (Wildman–Crippen LogP) is 4.34. The van der Waals surface area contributed by atoms with Gasteiger partial charge < -0.3 is 15.1 Å². The number of para-hydroxylation sites is 1. The minimum absolute atomic E-state index is 0.170. The maximum atomic E-state index is 14.6. The number of likely N-dealkylation sites (N-methyl/N-ethyl adjacent to an activating group) is 1. The van der Waals surface area contributed by atoms with Gasteiger partial charge in [-0.25, -0.2) is 8.91 Å². The molecule has 190 valence electrons. The number of aromatic nitrogens is 2. The van der Waals surface area contributed by atoms with E-state index in [4.69, 9.17) is 0 Å². The number of carbonyl (C=O) groups is 2. The van der Waals surface area contributed by atoms with Gasteiger partial charge in [-0.2, -0.15) is 5.10 Å². The Morgan fingerprint density at radius 1 is 1.03 bits per heavy atom. The Morgan fingerprint density at radius 3 is 2.62 bits per heavy atom. The molecule has 1 aliphatic rings. The molecule has 1 aliphatic heterocycles. The molecule has 1 fully saturated rings. The van der Waals surface area contributed by atoms with Crippen LogP contribution in [0.5, 0.6) is 0 Å². The minimum Gasteiger partial charge on any atom is -0.369 e. The van der Waals surface area contributed by atoms with Crippen LogP contribution in [0.15, 0.2) is 71.5 Å². The first kappa shape index (κ1) is 25.1. The molecule has 0 aliphatic carbocycles. The summed E-state index contributed by atoms with van der Waals surface area (Å²) in [6.45, 7) is 4.20. The Morgan fingerprint density at radius 2 is 1.81 bits per heavy atom. The van der Waals surface area contributed by atoms with Crippen LogP contribution in [-0.4, -0.2) is 59.4 Å². The lowest BCUT2D eigenvalue weighted by molar-refractivity contribution is 0.0947. The number of benzene rings is 2. The lowest BCUT2D eigenvalue weighted by Gasteiger charge is -2.35. The van der Waals surface area contributed by atoms with Crippen molar-refractivity contribution in [3.63, 3.8) is 0 Å². The third-order valence-corrected chi connectivity index (χ3v) is 7.18. The Hall–Kier alpha value is -3.56. The van der Waals surface area contributed by atoms with Crippen molar-refractivity contribution in [3.05, 3.63) is 99.5 Å². The molecule has 3 heterocycles. The summed E-state index contributed by atoms with van der Waals surface area (Å²) in [6, 6.07) is 15.8. The largest absolute Gasteiger partial charge is 0.369 e. The molecule has 0 radical (unpaired) electrons. The number of amides is 1. The van der Waals surface area contributed by atoms with E-state index < -0.39 is 5.82 Å². The van der Waals surface area contributed by atoms with Crippen molar-refractivity contribution < 1.29 is 14.0 Å². The van der Waals surface area contributed by atoms with Gasteiger partial charge in [0, 0.05) is 61.1 Å². The fourth-order valence-electron chi connectivity index (χ4n) is 4.59. The van der Waals surface area contributed by atoms with Crippen LogP contribution in [0.1, 0.15) is 31.8 Å². The van der Waals surface area contributed by atoms with E-state index in [9.17, 15) is 14.0 Å². The van der Waals surface area contributed by atoms with Crippen LogP contribution in [-0.2, 0) is 13.0 Å². The van der Waals surface area contributed by atoms with Gasteiger partial charge in [-0.3, -0.25) is 9.59 Å². The molecule has 37 heavy (non-hydrogen) atoms. The molecule has 2 aromatic heterocycles. The zero-order valence-electron chi connectivity index (χ0n) is 20.5. The lowest BCUT2D eigenvalue weighted by Crippen LogP contribution is -2.45. The molecule has 0 bridgehead atoms. The van der Waals surface area contributed by atoms with E-state index in [-0.39, 0.29) is 23.7 Å². The van der Waals surface area contributed by atoms with E-state index in [1.54, 1.807) is 16.8 Å². The number of Topliss-reactive ketones (excluding diaryl/α,β-unsaturated/α-hetero) is 1. The summed E-state index contributed by atoms with van der Waals surface area (Å²) in [5.74, 6) is -1.11. The van der Waals surface area contributed by atoms with E-state index in [1.165, 1.54) is 24.4 Å². The summed E-state index contributed by atoms with van der Waals surface area (Å²) in [7, 11) is 2.12. The van der Waals surface area contributed by atoms with Gasteiger partial charge in [0.2, 0.25) is 0 Å². The quantitative estimate of drug-likeness (QED) is 0.339. The molecule has 0 saturated carbocycles. The van der Waals surface area contributed by atoms with Crippen molar-refractivity contribution in [3.8, 4) is 0 Å². The van der Waals surface area contributed by atoms with Crippen LogP contribution in [0.4, 0.5) is 10.1 Å². The normalized spacial score (nSPS) is 14.2. The van der Waals surface area contributed by atoms with E-state index in [1.807, 2.05) is 24.3 Å². The summed E-state index contributed by atoms with van der Waals surface area (Å²) in [4.78, 5) is 30.6. The molecular formula is C28H27BrFN5O2. The van der Waals surface area contributed by atoms with E-state index >= 15 is 0 Å². The summed E-state index contributed by atoms with van der Waals surface area (Å²) < 4.78 is 17.0. The number of piperazine rings is 1. The van der Waals surface area contributed by atoms with Gasteiger partial charge >= 0.3 is 0 Å². The Balaban J connectivity index is 1.28. The minimum atomic E-state index is -0.524. The van der Waals surface area contributed by atoms with E-state index in [2.05, 4.69) is 49.3 Å². The average Bonchev–Trinajstić information content (AvgIpc) is 3.32. The van der Waals surface area contributed by atoms with Crippen LogP contribution in [0, 0.1) is 5.82 Å². The van der Waals surface area contributed by atoms with Crippen LogP contribution in [0.2, 0.25) is 0 Å². The van der Waals surface area contributed by atoms with Crippen molar-refractivity contribution in [1.29, 1.82) is 0 Å². The number of anilines is 1. The number of halogens is 2. The van der Waals surface area contributed by atoms with Crippen molar-refractivity contribution >= 4 is 38.8 Å². The van der Waals surface area contributed by atoms with Crippen molar-refractivity contribution in [2.75, 3.05) is 38.1 Å². The number of hydrogen-bond donors (Lipinski definition) is 1. The second kappa shape index (κ2) is 10.8. The van der Waals surface area contributed by atoms with Gasteiger partial charge in [0.1, 0.15) is 5.82 Å². The maximum absolute atomic E-state index is 14.6. The highest BCUT2D eigenvalue weighted by Gasteiger charge is 2.19. The van der Waals surface area contributed by atoms with Gasteiger partial charge in [0.15, 0.2) is 5.78 Å². The zero-order chi connectivity index (χ0) is 25.9. The number of nitrogens with one attached hydrogen (secondary N) is 1. The molecule has 0 atom stereocenters. The number of carbonyl (C=O) groups excluding carboxylic acids is 2. The summed E-state index contributed by atoms with van der Waals surface area (Å²) in [6.07, 6.45) is 3.06. The highest BCUT2D eigenvalue weighted by atomic mass is 79.9. The smallest absolute Gasteiger partial charge is 0.251 e. The van der Waals surface area contributed by atoms with Crippen molar-refractivity contribution in [2.24, 2.45) is 0 Å². The molecule has 2 aromatic carbocycles. The molecule has 1 N–H and O–H groups in total. The first-order valence-electron chi connectivity index (χ1n) is 12.1.